The number of esters is 2. The zero-order valence-electron chi connectivity index (χ0n) is 38.6. The lowest BCUT2D eigenvalue weighted by atomic mass is 9.85. The molecule has 17 nitrogen and oxygen atoms in total. The van der Waals surface area contributed by atoms with E-state index in [-0.39, 0.29) is 32.4 Å². The van der Waals surface area contributed by atoms with E-state index in [1.807, 2.05) is 0 Å². The number of nitrogens with two attached hydrogens (primary N) is 1. The van der Waals surface area contributed by atoms with Crippen molar-refractivity contribution >= 4 is 27.6 Å². The highest BCUT2D eigenvalue weighted by molar-refractivity contribution is 7.48. The Morgan fingerprint density at radius 2 is 0.873 bits per heavy atom. The van der Waals surface area contributed by atoms with Crippen LogP contribution in [0.2, 0.25) is 0 Å². The molecule has 1 rings (SSSR count). The Morgan fingerprint density at radius 3 is 1.25 bits per heavy atom. The van der Waals surface area contributed by atoms with Gasteiger partial charge in [-0.3, -0.25) is 27.7 Å². The second-order valence-electron chi connectivity index (χ2n) is 17.1. The van der Waals surface area contributed by atoms with Crippen LogP contribution in [0, 0.1) is 0 Å². The zero-order chi connectivity index (χ0) is 46.8. The number of unbranched alkanes of at least 4 members (excludes halogenated alkanes) is 24. The van der Waals surface area contributed by atoms with Crippen LogP contribution < -0.4 is 5.73 Å². The van der Waals surface area contributed by atoms with Crippen molar-refractivity contribution in [2.75, 3.05) is 26.4 Å². The van der Waals surface area contributed by atoms with Gasteiger partial charge in [0.1, 0.15) is 43.2 Å². The molecule has 0 heterocycles. The fourth-order valence-electron chi connectivity index (χ4n) is 7.46. The maximum absolute atomic E-state index is 14.0. The second kappa shape index (κ2) is 37.0. The fraction of sp³-hybridized carbons (Fsp3) is 0.955. The van der Waals surface area contributed by atoms with Crippen molar-refractivity contribution in [1.29, 1.82) is 0 Å². The number of carbonyl (C=O) groups is 2. The molecule has 0 radical (unpaired) electrons. The Balaban J connectivity index is 2.79. The number of hydrogen-bond donors (Lipinski definition) is 7. The molecular weight excluding hydrogens is 860 g/mol. The number of aliphatic hydroxyl groups excluding tert-OH is 4. The Hall–Kier alpha value is -1.04. The van der Waals surface area contributed by atoms with E-state index < -0.39 is 83.5 Å². The average Bonchev–Trinajstić information content (AvgIpc) is 3.24. The van der Waals surface area contributed by atoms with Crippen LogP contribution in [0.3, 0.4) is 0 Å². The molecule has 0 aromatic rings. The summed E-state index contributed by atoms with van der Waals surface area (Å²) in [4.78, 5) is 44.1. The molecule has 0 aliphatic heterocycles. The summed E-state index contributed by atoms with van der Waals surface area (Å²) in [6.45, 7) is 3.10. The standard InChI is InChI=1S/C44H87NO16P2/c1-3-5-7-9-11-13-15-17-19-21-23-25-27-30-37(46)56-34-36(59-38(47)31-28-26-24-22-20-18-16-14-12-10-8-6-4-2)35-58-63(55,57-33-29-32-45)61-44-41(50)39(48)43(40(49)42(44)51)60-62(52,53)54/h36,39-44,48-51H,3-35,45H2,1-2H3,(H2,52,53,54)/t36?,39-,40+,41-,42-,43?,44?,63?/m1/s1. The largest absolute Gasteiger partial charge is 0.475 e. The lowest BCUT2D eigenvalue weighted by molar-refractivity contribution is -0.217. The monoisotopic (exact) mass is 948 g/mol. The van der Waals surface area contributed by atoms with E-state index in [0.717, 1.165) is 44.9 Å². The van der Waals surface area contributed by atoms with Crippen LogP contribution in [0.15, 0.2) is 0 Å². The van der Waals surface area contributed by atoms with Gasteiger partial charge in [0.2, 0.25) is 0 Å². The van der Waals surface area contributed by atoms with E-state index in [1.165, 1.54) is 109 Å². The molecule has 8 N–H and O–H groups in total. The number of phosphoric acid groups is 2. The quantitative estimate of drug-likeness (QED) is 0.0172. The highest BCUT2D eigenvalue weighted by atomic mass is 31.2. The highest BCUT2D eigenvalue weighted by Crippen LogP contribution is 2.53. The Kier molecular flexibility index (Phi) is 35.2. The van der Waals surface area contributed by atoms with Gasteiger partial charge in [0.25, 0.3) is 0 Å². The van der Waals surface area contributed by atoms with Gasteiger partial charge in [0.15, 0.2) is 6.10 Å². The molecular formula is C44H87NO16P2. The van der Waals surface area contributed by atoms with Gasteiger partial charge in [0, 0.05) is 12.8 Å². The lowest BCUT2D eigenvalue weighted by Gasteiger charge is -2.43. The van der Waals surface area contributed by atoms with Crippen LogP contribution in [0.25, 0.3) is 0 Å². The van der Waals surface area contributed by atoms with Crippen molar-refractivity contribution in [3.8, 4) is 0 Å². The maximum atomic E-state index is 14.0. The molecule has 0 aromatic carbocycles. The molecule has 1 aliphatic rings. The molecule has 63 heavy (non-hydrogen) atoms. The Bertz CT molecular complexity index is 1230. The van der Waals surface area contributed by atoms with Crippen molar-refractivity contribution in [3.05, 3.63) is 0 Å². The molecule has 1 fully saturated rings. The highest BCUT2D eigenvalue weighted by Gasteiger charge is 2.54. The van der Waals surface area contributed by atoms with E-state index in [2.05, 4.69) is 18.4 Å². The van der Waals surface area contributed by atoms with Crippen molar-refractivity contribution in [2.24, 2.45) is 5.73 Å². The van der Waals surface area contributed by atoms with E-state index in [1.54, 1.807) is 0 Å². The molecule has 0 aromatic heterocycles. The number of rotatable bonds is 42. The molecule has 0 saturated heterocycles. The van der Waals surface area contributed by atoms with Crippen LogP contribution in [-0.4, -0.2) is 111 Å². The predicted octanol–water partition coefficient (Wildman–Crippen LogP) is 8.21. The number of hydrogen-bond acceptors (Lipinski definition) is 15. The predicted molar refractivity (Wildman–Crippen MR) is 240 cm³/mol. The van der Waals surface area contributed by atoms with E-state index in [9.17, 15) is 48.9 Å². The number of carbonyl (C=O) groups excluding carboxylic acids is 2. The third kappa shape index (κ3) is 30.1. The zero-order valence-corrected chi connectivity index (χ0v) is 40.4. The Labute approximate surface area is 378 Å². The molecule has 0 bridgehead atoms. The molecule has 0 amide bonds. The summed E-state index contributed by atoms with van der Waals surface area (Å²) in [5.41, 5.74) is 5.56. The topological polar surface area (TPSA) is 271 Å². The van der Waals surface area contributed by atoms with Gasteiger partial charge < -0.3 is 45.4 Å². The van der Waals surface area contributed by atoms with Gasteiger partial charge >= 0.3 is 27.6 Å². The summed E-state index contributed by atoms with van der Waals surface area (Å²) in [5, 5.41) is 42.5. The van der Waals surface area contributed by atoms with Gasteiger partial charge in [-0.1, -0.05) is 168 Å². The molecule has 19 heteroatoms. The van der Waals surface area contributed by atoms with Crippen molar-refractivity contribution < 1.29 is 76.5 Å². The second-order valence-corrected chi connectivity index (χ2v) is 19.9. The smallest absolute Gasteiger partial charge is 0.462 e. The Morgan fingerprint density at radius 1 is 0.508 bits per heavy atom. The van der Waals surface area contributed by atoms with Crippen LogP contribution in [-0.2, 0) is 46.3 Å². The normalized spacial score (nSPS) is 21.9. The number of ether oxygens (including phenoxy) is 2. The van der Waals surface area contributed by atoms with E-state index in [0.29, 0.717) is 12.8 Å². The maximum Gasteiger partial charge on any atom is 0.475 e. The van der Waals surface area contributed by atoms with Crippen molar-refractivity contribution in [2.45, 2.75) is 243 Å². The first-order valence-corrected chi connectivity index (χ1v) is 27.3. The van der Waals surface area contributed by atoms with Crippen LogP contribution in [0.1, 0.15) is 200 Å². The minimum absolute atomic E-state index is 0.0798. The molecule has 0 spiro atoms. The molecule has 8 atom stereocenters. The van der Waals surface area contributed by atoms with Gasteiger partial charge in [-0.25, -0.2) is 9.13 Å². The van der Waals surface area contributed by atoms with Crippen molar-refractivity contribution in [1.82, 2.24) is 0 Å². The third-order valence-corrected chi connectivity index (χ3v) is 13.3. The summed E-state index contributed by atoms with van der Waals surface area (Å²) < 4.78 is 57.1. The van der Waals surface area contributed by atoms with Gasteiger partial charge in [-0.15, -0.1) is 0 Å². The molecule has 1 aliphatic carbocycles. The average molecular weight is 948 g/mol. The lowest BCUT2D eigenvalue weighted by Crippen LogP contribution is -2.64. The first-order valence-electron chi connectivity index (χ1n) is 24.3. The van der Waals surface area contributed by atoms with Crippen molar-refractivity contribution in [3.63, 3.8) is 0 Å². The molecule has 1 saturated carbocycles. The first kappa shape index (κ1) is 60.0. The summed E-state index contributed by atoms with van der Waals surface area (Å²) in [6.07, 6.45) is 15.8. The van der Waals surface area contributed by atoms with E-state index in [4.69, 9.17) is 28.8 Å². The van der Waals surface area contributed by atoms with Gasteiger partial charge in [-0.2, -0.15) is 0 Å². The number of phosphoric ester groups is 2. The van der Waals surface area contributed by atoms with Crippen LogP contribution >= 0.6 is 15.6 Å². The SMILES string of the molecule is CCCCCCCCCCCCCCCC(=O)OCC(COP(=O)(OCCCN)OC1[C@H](O)[C@H](O)C(OP(=O)(O)O)[C@H](O)[C@H]1O)OC(=O)CCCCCCCCCCCCCCC. The first-order chi connectivity index (χ1) is 30.2. The summed E-state index contributed by atoms with van der Waals surface area (Å²) >= 11 is 0. The molecule has 4 unspecified atom stereocenters. The van der Waals surface area contributed by atoms with Gasteiger partial charge in [0.05, 0.1) is 13.2 Å². The van der Waals surface area contributed by atoms with Crippen LogP contribution in [0.5, 0.6) is 0 Å². The number of aliphatic hydroxyl groups is 4. The minimum atomic E-state index is -5.31. The van der Waals surface area contributed by atoms with Crippen LogP contribution in [0.4, 0.5) is 0 Å². The summed E-state index contributed by atoms with van der Waals surface area (Å²) in [5.74, 6) is -1.11. The third-order valence-electron chi connectivity index (χ3n) is 11.3. The minimum Gasteiger partial charge on any atom is -0.462 e. The van der Waals surface area contributed by atoms with Gasteiger partial charge in [-0.05, 0) is 25.8 Å². The fourth-order valence-corrected chi connectivity index (χ4v) is 9.48. The summed E-state index contributed by atoms with van der Waals surface area (Å²) in [6, 6.07) is 0. The van der Waals surface area contributed by atoms with E-state index >= 15 is 0 Å². The summed E-state index contributed by atoms with van der Waals surface area (Å²) in [7, 11) is -10.2. The molecule has 374 valence electrons.